The highest BCUT2D eigenvalue weighted by Crippen LogP contribution is 2.41. The van der Waals surface area contributed by atoms with Crippen LogP contribution in [0.2, 0.25) is 10.0 Å². The van der Waals surface area contributed by atoms with Crippen LogP contribution in [-0.4, -0.2) is 30.6 Å². The number of nitrogens with zero attached hydrogens (tertiary/aromatic N) is 2. The lowest BCUT2D eigenvalue weighted by Gasteiger charge is -2.14. The minimum Gasteiger partial charge on any atom is -0.505 e. The smallest absolute Gasteiger partial charge is 0.296 e. The molecule has 0 aromatic heterocycles. The second-order valence-corrected chi connectivity index (χ2v) is 10.3. The maximum absolute atomic E-state index is 13.3. The van der Waals surface area contributed by atoms with E-state index in [4.69, 9.17) is 27.9 Å². The Morgan fingerprint density at radius 1 is 1.05 bits per heavy atom. The molecule has 12 heteroatoms. The summed E-state index contributed by atoms with van der Waals surface area (Å²) in [6.07, 6.45) is 0. The average molecular weight is 574 g/mol. The average Bonchev–Trinajstić information content (AvgIpc) is 2.86. The Hall–Kier alpha value is -3.70. The molecule has 0 saturated heterocycles. The fourth-order valence-corrected chi connectivity index (χ4v) is 4.72. The zero-order valence-electron chi connectivity index (χ0n) is 20.1. The van der Waals surface area contributed by atoms with Crippen LogP contribution in [0.1, 0.15) is 22.8 Å². The largest absolute Gasteiger partial charge is 0.505 e. The standard InChI is InChI=1S/C26H21Cl2N3O6S/c1-3-37-22-9-8-16(27)12-20(22)29-26(33)18-11-15-6-4-5-7-17(15)24(25(18)32)31-30-21-13-19(28)14(2)10-23(21)38(34,35)36/h4-13,32H,3H2,1-2H3,(H,29,33)(H,34,35,36). The van der Waals surface area contributed by atoms with Crippen molar-refractivity contribution in [2.24, 2.45) is 10.2 Å². The van der Waals surface area contributed by atoms with Crippen molar-refractivity contribution in [1.82, 2.24) is 0 Å². The summed E-state index contributed by atoms with van der Waals surface area (Å²) in [5.74, 6) is -0.791. The first-order valence-electron chi connectivity index (χ1n) is 11.2. The summed E-state index contributed by atoms with van der Waals surface area (Å²) in [5.41, 5.74) is 0.228. The number of nitrogens with one attached hydrogen (secondary N) is 1. The van der Waals surface area contributed by atoms with Crippen LogP contribution >= 0.6 is 23.2 Å². The summed E-state index contributed by atoms with van der Waals surface area (Å²) < 4.78 is 39.0. The highest BCUT2D eigenvalue weighted by Gasteiger charge is 2.21. The van der Waals surface area contributed by atoms with Gasteiger partial charge in [0.25, 0.3) is 16.0 Å². The first kappa shape index (κ1) is 27.3. The number of carbonyl (C=O) groups excluding carboxylic acids is 1. The van der Waals surface area contributed by atoms with Crippen LogP contribution < -0.4 is 10.1 Å². The Kier molecular flexibility index (Phi) is 7.89. The molecule has 0 aliphatic rings. The molecule has 1 amide bonds. The van der Waals surface area contributed by atoms with Gasteiger partial charge in [-0.25, -0.2) is 0 Å². The number of benzene rings is 4. The van der Waals surface area contributed by atoms with Crippen molar-refractivity contribution in [3.8, 4) is 11.5 Å². The Morgan fingerprint density at radius 3 is 2.50 bits per heavy atom. The lowest BCUT2D eigenvalue weighted by molar-refractivity contribution is 0.102. The summed E-state index contributed by atoms with van der Waals surface area (Å²) in [6, 6.07) is 15.4. The highest BCUT2D eigenvalue weighted by atomic mass is 35.5. The number of azo groups is 1. The maximum atomic E-state index is 13.3. The molecule has 0 radical (unpaired) electrons. The van der Waals surface area contributed by atoms with Crippen LogP contribution in [0, 0.1) is 6.92 Å². The minimum atomic E-state index is -4.66. The van der Waals surface area contributed by atoms with E-state index in [0.29, 0.717) is 39.4 Å². The van der Waals surface area contributed by atoms with Gasteiger partial charge in [0.2, 0.25) is 0 Å². The zero-order chi connectivity index (χ0) is 27.6. The van der Waals surface area contributed by atoms with Gasteiger partial charge in [0.15, 0.2) is 5.75 Å². The molecule has 0 fully saturated rings. The minimum absolute atomic E-state index is 0.0950. The normalized spacial score (nSPS) is 11.7. The molecule has 38 heavy (non-hydrogen) atoms. The van der Waals surface area contributed by atoms with Gasteiger partial charge >= 0.3 is 0 Å². The number of fused-ring (bicyclic) bond motifs is 1. The monoisotopic (exact) mass is 573 g/mol. The summed E-state index contributed by atoms with van der Waals surface area (Å²) >= 11 is 12.2. The van der Waals surface area contributed by atoms with Gasteiger partial charge in [-0.15, -0.1) is 10.2 Å². The quantitative estimate of drug-likeness (QED) is 0.155. The molecule has 0 aliphatic heterocycles. The number of hydrogen-bond donors (Lipinski definition) is 3. The van der Waals surface area contributed by atoms with E-state index in [1.807, 2.05) is 0 Å². The molecule has 0 bridgehead atoms. The molecular formula is C26H21Cl2N3O6S. The molecule has 0 unspecified atom stereocenters. The van der Waals surface area contributed by atoms with Gasteiger partial charge in [-0.1, -0.05) is 47.5 Å². The number of phenols is 1. The van der Waals surface area contributed by atoms with E-state index in [1.54, 1.807) is 50.2 Å². The highest BCUT2D eigenvalue weighted by molar-refractivity contribution is 7.86. The molecule has 0 atom stereocenters. The number of anilines is 1. The Bertz CT molecular complexity index is 1710. The van der Waals surface area contributed by atoms with Crippen molar-refractivity contribution in [2.75, 3.05) is 11.9 Å². The van der Waals surface area contributed by atoms with E-state index < -0.39 is 26.7 Å². The van der Waals surface area contributed by atoms with Gasteiger partial charge in [0.1, 0.15) is 22.0 Å². The molecule has 4 aromatic carbocycles. The van der Waals surface area contributed by atoms with E-state index in [-0.39, 0.29) is 22.0 Å². The van der Waals surface area contributed by atoms with Gasteiger partial charge in [-0.2, -0.15) is 8.42 Å². The number of aromatic hydroxyl groups is 1. The molecule has 4 rings (SSSR count). The third kappa shape index (κ3) is 5.73. The first-order chi connectivity index (χ1) is 18.0. The molecule has 0 aliphatic carbocycles. The first-order valence-corrected chi connectivity index (χ1v) is 13.4. The van der Waals surface area contributed by atoms with Gasteiger partial charge in [-0.05, 0) is 61.2 Å². The Balaban J connectivity index is 1.83. The number of carbonyl (C=O) groups is 1. The van der Waals surface area contributed by atoms with Crippen LogP contribution in [0.15, 0.2) is 75.8 Å². The number of amides is 1. The van der Waals surface area contributed by atoms with Crippen LogP contribution in [-0.2, 0) is 10.1 Å². The third-order valence-electron chi connectivity index (χ3n) is 5.51. The summed E-state index contributed by atoms with van der Waals surface area (Å²) in [6.45, 7) is 3.71. The molecule has 0 saturated carbocycles. The number of hydrogen-bond acceptors (Lipinski definition) is 7. The van der Waals surface area contributed by atoms with Gasteiger partial charge in [-0.3, -0.25) is 9.35 Å². The predicted molar refractivity (Wildman–Crippen MR) is 146 cm³/mol. The summed E-state index contributed by atoms with van der Waals surface area (Å²) in [4.78, 5) is 12.8. The fourth-order valence-electron chi connectivity index (χ4n) is 3.70. The number of aryl methyl sites for hydroxylation is 1. The van der Waals surface area contributed by atoms with Crippen molar-refractivity contribution in [2.45, 2.75) is 18.7 Å². The lowest BCUT2D eigenvalue weighted by Crippen LogP contribution is -2.13. The van der Waals surface area contributed by atoms with E-state index >= 15 is 0 Å². The molecule has 0 spiro atoms. The van der Waals surface area contributed by atoms with Crippen LogP contribution in [0.25, 0.3) is 10.8 Å². The number of halogens is 2. The van der Waals surface area contributed by atoms with Crippen molar-refractivity contribution >= 4 is 67.1 Å². The van der Waals surface area contributed by atoms with E-state index in [2.05, 4.69) is 15.5 Å². The van der Waals surface area contributed by atoms with Gasteiger partial charge < -0.3 is 15.2 Å². The number of ether oxygens (including phenoxy) is 1. The topological polar surface area (TPSA) is 138 Å². The molecule has 4 aromatic rings. The summed E-state index contributed by atoms with van der Waals surface area (Å²) in [7, 11) is -4.66. The van der Waals surface area contributed by atoms with Crippen LogP contribution in [0.3, 0.4) is 0 Å². The number of phenolic OH excluding ortho intramolecular Hbond substituents is 1. The van der Waals surface area contributed by atoms with E-state index in [0.717, 1.165) is 6.07 Å². The predicted octanol–water partition coefficient (Wildman–Crippen LogP) is 7.47. The van der Waals surface area contributed by atoms with Crippen molar-refractivity contribution in [1.29, 1.82) is 0 Å². The van der Waals surface area contributed by atoms with E-state index in [1.165, 1.54) is 18.2 Å². The number of rotatable bonds is 7. The van der Waals surface area contributed by atoms with Gasteiger partial charge in [0, 0.05) is 15.4 Å². The van der Waals surface area contributed by atoms with Crippen molar-refractivity contribution < 1.29 is 27.6 Å². The van der Waals surface area contributed by atoms with Gasteiger partial charge in [0.05, 0.1) is 17.9 Å². The SMILES string of the molecule is CCOc1ccc(Cl)cc1NC(=O)c1cc2ccccc2c(N=Nc2cc(Cl)c(C)cc2S(=O)(=O)O)c1O. The Labute approximate surface area is 228 Å². The molecule has 3 N–H and O–H groups in total. The molecule has 0 heterocycles. The molecule has 9 nitrogen and oxygen atoms in total. The molecular weight excluding hydrogens is 553 g/mol. The van der Waals surface area contributed by atoms with Crippen LogP contribution in [0.4, 0.5) is 17.1 Å². The Morgan fingerprint density at radius 2 is 1.79 bits per heavy atom. The van der Waals surface area contributed by atoms with E-state index in [9.17, 15) is 22.9 Å². The maximum Gasteiger partial charge on any atom is 0.296 e. The molecule has 196 valence electrons. The zero-order valence-corrected chi connectivity index (χ0v) is 22.4. The third-order valence-corrected chi connectivity index (χ3v) is 7.03. The second kappa shape index (κ2) is 11.0. The lowest BCUT2D eigenvalue weighted by atomic mass is 10.0. The van der Waals surface area contributed by atoms with Crippen molar-refractivity contribution in [3.05, 3.63) is 81.8 Å². The fraction of sp³-hybridized carbons (Fsp3) is 0.115. The van der Waals surface area contributed by atoms with Crippen molar-refractivity contribution in [3.63, 3.8) is 0 Å². The summed E-state index contributed by atoms with van der Waals surface area (Å²) in [5, 5.41) is 23.4. The van der Waals surface area contributed by atoms with Crippen LogP contribution in [0.5, 0.6) is 11.5 Å². The second-order valence-electron chi connectivity index (χ2n) is 8.11.